The average Bonchev–Trinajstić information content (AvgIpc) is 3.57. The third-order valence-electron chi connectivity index (χ3n) is 11.5. The summed E-state index contributed by atoms with van der Waals surface area (Å²) in [5.41, 5.74) is 17.4. The maximum absolute atomic E-state index is 14.4. The highest BCUT2D eigenvalue weighted by molar-refractivity contribution is 7.13. The van der Waals surface area contributed by atoms with Crippen molar-refractivity contribution in [1.29, 1.82) is 0 Å². The lowest BCUT2D eigenvalue weighted by Crippen LogP contribution is -2.46. The molecule has 4 unspecified atom stereocenters. The van der Waals surface area contributed by atoms with E-state index in [0.29, 0.717) is 12.3 Å². The fourth-order valence-electron chi connectivity index (χ4n) is 8.73. The fourth-order valence-corrected chi connectivity index (χ4v) is 9.61. The first kappa shape index (κ1) is 40.3. The van der Waals surface area contributed by atoms with E-state index in [1.54, 1.807) is 11.3 Å². The molecule has 49 heavy (non-hydrogen) atoms. The number of unbranched alkanes of at least 4 members (excludes halogenated alkanes) is 1. The molecule has 5 atom stereocenters. The van der Waals surface area contributed by atoms with Gasteiger partial charge in [0, 0.05) is 33.5 Å². The number of nitrogens with one attached hydrogen (secondary N) is 1. The Hall–Kier alpha value is -3.10. The lowest BCUT2D eigenvalue weighted by Gasteiger charge is -2.47. The Balaban J connectivity index is 0.00000157. The Labute approximate surface area is 299 Å². The number of primary amides is 1. The number of amides is 1. The van der Waals surface area contributed by atoms with Crippen LogP contribution in [0.15, 0.2) is 39.8 Å². The molecular weight excluding hydrogens is 629 g/mol. The molecule has 3 aliphatic rings. The summed E-state index contributed by atoms with van der Waals surface area (Å²) >= 11 is 1.63. The first-order valence-electron chi connectivity index (χ1n) is 18.6. The summed E-state index contributed by atoms with van der Waals surface area (Å²) in [5, 5.41) is 6.63. The van der Waals surface area contributed by atoms with Gasteiger partial charge in [-0.25, -0.2) is 4.98 Å². The van der Waals surface area contributed by atoms with Crippen LogP contribution in [0.4, 0.5) is 10.8 Å². The lowest BCUT2D eigenvalue weighted by atomic mass is 9.55. The van der Waals surface area contributed by atoms with Gasteiger partial charge in [0.25, 0.3) is 5.91 Å². The van der Waals surface area contributed by atoms with Crippen LogP contribution in [0, 0.1) is 36.5 Å². The number of fused-ring (bicyclic) bond motifs is 3. The molecule has 0 saturated heterocycles. The molecule has 0 bridgehead atoms. The third kappa shape index (κ3) is 7.80. The molecule has 1 aromatic carbocycles. The van der Waals surface area contributed by atoms with Crippen LogP contribution < -0.4 is 16.8 Å². The number of thiazole rings is 1. The van der Waals surface area contributed by atoms with E-state index >= 15 is 0 Å². The predicted octanol–water partition coefficient (Wildman–Crippen LogP) is 9.40. The molecule has 5 N–H and O–H groups in total. The van der Waals surface area contributed by atoms with E-state index in [4.69, 9.17) is 10.7 Å². The maximum atomic E-state index is 14.4. The van der Waals surface area contributed by atoms with Crippen molar-refractivity contribution in [3.63, 3.8) is 0 Å². The van der Waals surface area contributed by atoms with Gasteiger partial charge in [0.2, 0.25) is 0 Å². The number of carbonyl (C=O) groups excluding carboxylic acids is 3. The Morgan fingerprint density at radius 1 is 1.08 bits per heavy atom. The topological polar surface area (TPSA) is 128 Å². The van der Waals surface area contributed by atoms with Crippen molar-refractivity contribution in [2.45, 2.75) is 126 Å². The van der Waals surface area contributed by atoms with Crippen LogP contribution in [-0.2, 0) is 21.4 Å². The van der Waals surface area contributed by atoms with Crippen molar-refractivity contribution in [3.8, 4) is 0 Å². The molecule has 8 heteroatoms. The quantitative estimate of drug-likeness (QED) is 0.202. The minimum atomic E-state index is -0.665. The maximum Gasteiger partial charge on any atom is 0.252 e. The third-order valence-corrected chi connectivity index (χ3v) is 12.3. The number of hydrogen-bond acceptors (Lipinski definition) is 7. The van der Waals surface area contributed by atoms with Crippen LogP contribution >= 0.6 is 11.3 Å². The smallest absolute Gasteiger partial charge is 0.252 e. The van der Waals surface area contributed by atoms with E-state index in [1.165, 1.54) is 32.7 Å². The molecule has 270 valence electrons. The van der Waals surface area contributed by atoms with Crippen LogP contribution in [0.25, 0.3) is 0 Å². The number of Topliss-reactive ketones (excluding diaryl/α,β-unsaturated/α-hetero) is 2. The van der Waals surface area contributed by atoms with Gasteiger partial charge in [-0.3, -0.25) is 14.4 Å². The van der Waals surface area contributed by atoms with E-state index in [1.807, 2.05) is 34.6 Å². The molecule has 1 amide bonds. The summed E-state index contributed by atoms with van der Waals surface area (Å²) in [7, 11) is 1.50. The van der Waals surface area contributed by atoms with Crippen LogP contribution in [0.5, 0.6) is 0 Å². The molecule has 0 aliphatic heterocycles. The second kappa shape index (κ2) is 17.2. The summed E-state index contributed by atoms with van der Waals surface area (Å²) in [4.78, 5) is 45.3. The van der Waals surface area contributed by atoms with Gasteiger partial charge in [0.1, 0.15) is 0 Å². The summed E-state index contributed by atoms with van der Waals surface area (Å²) in [6, 6.07) is 4.19. The van der Waals surface area contributed by atoms with Gasteiger partial charge >= 0.3 is 0 Å². The number of benzene rings is 1. The number of carbonyl (C=O) groups is 3. The molecule has 2 aromatic rings. The zero-order chi connectivity index (χ0) is 36.8. The van der Waals surface area contributed by atoms with E-state index in [0.717, 1.165) is 69.2 Å². The minimum absolute atomic E-state index is 0.0158. The van der Waals surface area contributed by atoms with Crippen molar-refractivity contribution in [3.05, 3.63) is 62.2 Å². The van der Waals surface area contributed by atoms with Gasteiger partial charge in [-0.15, -0.1) is 11.3 Å². The molecule has 0 radical (unpaired) electrons. The molecule has 7 nitrogen and oxygen atoms in total. The first-order valence-corrected chi connectivity index (χ1v) is 19.5. The molecule has 3 aliphatic carbocycles. The summed E-state index contributed by atoms with van der Waals surface area (Å²) in [5.74, 6) is -0.399. The highest BCUT2D eigenvalue weighted by Crippen LogP contribution is 2.52. The zero-order valence-electron chi connectivity index (χ0n) is 32.0. The normalized spacial score (nSPS) is 22.6. The Kier molecular flexibility index (Phi) is 14.2. The summed E-state index contributed by atoms with van der Waals surface area (Å²) in [6.45, 7) is 21.2. The van der Waals surface area contributed by atoms with Crippen molar-refractivity contribution < 1.29 is 14.4 Å². The molecule has 1 heterocycles. The van der Waals surface area contributed by atoms with Crippen LogP contribution in [0.1, 0.15) is 134 Å². The SMILES string of the molecule is CC.CCCCC(C)(CC(CC)CC)c1csc(Nc2ccc3c(c2C)C(=O)C2=C(C)C4C(=O)C(C(N)=O)=C(C)CC4[C@@H](C)C2C3)n1.CN. The van der Waals surface area contributed by atoms with Crippen molar-refractivity contribution in [2.24, 2.45) is 41.1 Å². The number of ketones is 2. The van der Waals surface area contributed by atoms with E-state index in [2.05, 4.69) is 63.2 Å². The van der Waals surface area contributed by atoms with Gasteiger partial charge in [-0.1, -0.05) is 91.4 Å². The fraction of sp³-hybridized carbons (Fsp3) is 0.610. The van der Waals surface area contributed by atoms with Crippen molar-refractivity contribution >= 4 is 39.6 Å². The number of hydrogen-bond donors (Lipinski definition) is 3. The summed E-state index contributed by atoms with van der Waals surface area (Å²) < 4.78 is 0. The van der Waals surface area contributed by atoms with Gasteiger partial charge < -0.3 is 16.8 Å². The molecule has 5 rings (SSSR count). The van der Waals surface area contributed by atoms with Gasteiger partial charge in [0.05, 0.1) is 11.3 Å². The monoisotopic (exact) mass is 690 g/mol. The Morgan fingerprint density at radius 3 is 2.33 bits per heavy atom. The second-order valence-corrected chi connectivity index (χ2v) is 15.2. The van der Waals surface area contributed by atoms with Crippen LogP contribution in [0.3, 0.4) is 0 Å². The number of aromatic nitrogens is 1. The van der Waals surface area contributed by atoms with E-state index < -0.39 is 11.8 Å². The number of allylic oxidation sites excluding steroid dienone is 3. The zero-order valence-corrected chi connectivity index (χ0v) is 32.8. The number of nitrogens with zero attached hydrogens (tertiary/aromatic N) is 1. The van der Waals surface area contributed by atoms with Gasteiger partial charge in [-0.2, -0.15) is 0 Å². The van der Waals surface area contributed by atoms with Crippen LogP contribution in [0.2, 0.25) is 0 Å². The number of nitrogens with two attached hydrogens (primary N) is 2. The summed E-state index contributed by atoms with van der Waals surface area (Å²) in [6.07, 6.45) is 8.42. The number of rotatable bonds is 11. The first-order chi connectivity index (χ1) is 23.4. The van der Waals surface area contributed by atoms with Gasteiger partial charge in [0.15, 0.2) is 16.7 Å². The standard InChI is InChI=1S/C38H51N3O3S.C2H6.CH5N/c1-9-12-15-38(8,18-24(10-2)11-3)29-19-45-37(41-29)40-28-14-13-25-17-27-21(5)26-16-20(4)30(36(39)44)34(42)32(26)23(7)33(27)35(43)31(25)22(28)6;2*1-2/h13-14,19,21,24,26-27,32H,9-12,15-18H2,1-8H3,(H2,39,44)(H,40,41);1-2H3;2H2,1H3/t21-,26?,27?,32?,38?;;/m1../s1. The van der Waals surface area contributed by atoms with Crippen molar-refractivity contribution in [1.82, 2.24) is 4.98 Å². The highest BCUT2D eigenvalue weighted by Gasteiger charge is 2.50. The molecule has 0 saturated carbocycles. The average molecular weight is 691 g/mol. The molecule has 0 spiro atoms. The van der Waals surface area contributed by atoms with Crippen molar-refractivity contribution in [2.75, 3.05) is 12.4 Å². The molecule has 0 fully saturated rings. The van der Waals surface area contributed by atoms with Gasteiger partial charge in [-0.05, 0) is 94.4 Å². The Bertz CT molecular complexity index is 1580. The predicted molar refractivity (Wildman–Crippen MR) is 205 cm³/mol. The van der Waals surface area contributed by atoms with Crippen LogP contribution in [-0.4, -0.2) is 29.5 Å². The molecular formula is C41H62N4O3S. The Morgan fingerprint density at radius 2 is 1.73 bits per heavy atom. The van der Waals surface area contributed by atoms with E-state index in [9.17, 15) is 14.4 Å². The minimum Gasteiger partial charge on any atom is -0.365 e. The largest absolute Gasteiger partial charge is 0.365 e. The second-order valence-electron chi connectivity index (χ2n) is 14.3. The number of anilines is 2. The molecule has 1 aromatic heterocycles. The lowest BCUT2D eigenvalue weighted by molar-refractivity contribution is -0.125. The highest BCUT2D eigenvalue weighted by atomic mass is 32.1. The van der Waals surface area contributed by atoms with E-state index in [-0.39, 0.29) is 40.3 Å².